The maximum atomic E-state index is 14.4. The fourth-order valence-corrected chi connectivity index (χ4v) is 7.84. The highest BCUT2D eigenvalue weighted by molar-refractivity contribution is 7.89. The van der Waals surface area contributed by atoms with Crippen LogP contribution >= 0.6 is 0 Å². The molecule has 3 atom stereocenters. The smallest absolute Gasteiger partial charge is 0.241 e. The summed E-state index contributed by atoms with van der Waals surface area (Å²) in [6.45, 7) is 6.59. The number of anilines is 1. The number of imidazole rings is 1. The first-order valence-electron chi connectivity index (χ1n) is 14.6. The molecule has 0 bridgehead atoms. The largest absolute Gasteiger partial charge is 0.337 e. The molecule has 218 valence electrons. The third-order valence-corrected chi connectivity index (χ3v) is 10.6. The molecular weight excluding hydrogens is 544 g/mol. The number of carbonyl (C=O) groups excluding carboxylic acids is 1. The topological polar surface area (TPSA) is 84.3 Å². The van der Waals surface area contributed by atoms with Crippen molar-refractivity contribution in [3.8, 4) is 0 Å². The minimum atomic E-state index is -3.72. The van der Waals surface area contributed by atoms with Gasteiger partial charge in [0.05, 0.1) is 17.4 Å². The summed E-state index contributed by atoms with van der Waals surface area (Å²) in [6.07, 6.45) is 6.08. The van der Waals surface area contributed by atoms with Gasteiger partial charge in [-0.15, -0.1) is 0 Å². The Morgan fingerprint density at radius 3 is 2.50 bits per heavy atom. The molecule has 1 aromatic heterocycles. The molecule has 1 amide bonds. The minimum absolute atomic E-state index is 0.0596. The fraction of sp³-hybridized carbons (Fsp3) is 0.353. The predicted molar refractivity (Wildman–Crippen MR) is 164 cm³/mol. The van der Waals surface area contributed by atoms with Gasteiger partial charge >= 0.3 is 0 Å². The highest BCUT2D eigenvalue weighted by Crippen LogP contribution is 2.65. The van der Waals surface area contributed by atoms with Crippen LogP contribution in [0.3, 0.4) is 0 Å². The van der Waals surface area contributed by atoms with E-state index in [-0.39, 0.29) is 34.1 Å². The lowest BCUT2D eigenvalue weighted by Crippen LogP contribution is -2.35. The third kappa shape index (κ3) is 5.29. The molecule has 1 saturated carbocycles. The molecule has 3 aromatic carbocycles. The summed E-state index contributed by atoms with van der Waals surface area (Å²) in [7, 11) is -1.78. The van der Waals surface area contributed by atoms with Gasteiger partial charge in [-0.3, -0.25) is 4.79 Å². The molecule has 0 unspecified atom stereocenters. The predicted octanol–water partition coefficient (Wildman–Crippen LogP) is 6.06. The Kier molecular flexibility index (Phi) is 7.31. The number of sulfonamides is 1. The molecule has 2 aliphatic rings. The van der Waals surface area contributed by atoms with Crippen molar-refractivity contribution < 1.29 is 13.2 Å². The number of carbonyl (C=O) groups is 1. The summed E-state index contributed by atoms with van der Waals surface area (Å²) in [5, 5.41) is 0. The number of rotatable bonds is 8. The van der Waals surface area contributed by atoms with Gasteiger partial charge < -0.3 is 9.47 Å². The van der Waals surface area contributed by atoms with Crippen molar-refractivity contribution in [2.75, 3.05) is 4.90 Å². The maximum Gasteiger partial charge on any atom is 0.241 e. The molecule has 1 N–H and O–H groups in total. The first-order chi connectivity index (χ1) is 20.1. The molecule has 8 heteroatoms. The van der Waals surface area contributed by atoms with Crippen molar-refractivity contribution in [3.63, 3.8) is 0 Å². The average molecular weight is 583 g/mol. The van der Waals surface area contributed by atoms with E-state index in [2.05, 4.69) is 41.8 Å². The molecule has 0 saturated heterocycles. The van der Waals surface area contributed by atoms with Gasteiger partial charge in [0.1, 0.15) is 5.82 Å². The molecule has 42 heavy (non-hydrogen) atoms. The summed E-state index contributed by atoms with van der Waals surface area (Å²) in [5.74, 6) is 0.797. The maximum absolute atomic E-state index is 14.4. The molecule has 1 heterocycles. The number of aromatic nitrogens is 2. The first kappa shape index (κ1) is 28.4. The molecule has 0 radical (unpaired) electrons. The van der Waals surface area contributed by atoms with Crippen LogP contribution in [0.1, 0.15) is 66.7 Å². The zero-order chi connectivity index (χ0) is 29.6. The number of fused-ring (bicyclic) bond motifs is 1. The minimum Gasteiger partial charge on any atom is -0.337 e. The Bertz CT molecular complexity index is 1710. The first-order valence-corrected chi connectivity index (χ1v) is 16.1. The van der Waals surface area contributed by atoms with Gasteiger partial charge in [-0.05, 0) is 72.6 Å². The molecule has 1 fully saturated rings. The quantitative estimate of drug-likeness (QED) is 0.274. The van der Waals surface area contributed by atoms with E-state index in [1.54, 1.807) is 18.3 Å². The summed E-state index contributed by atoms with van der Waals surface area (Å²) in [5.41, 5.74) is 4.80. The van der Waals surface area contributed by atoms with Crippen LogP contribution in [-0.2, 0) is 34.8 Å². The van der Waals surface area contributed by atoms with Crippen molar-refractivity contribution in [3.05, 3.63) is 113 Å². The number of benzene rings is 3. The number of nitrogens with zero attached hydrogens (tertiary/aromatic N) is 3. The van der Waals surface area contributed by atoms with Gasteiger partial charge in [-0.2, -0.15) is 0 Å². The van der Waals surface area contributed by atoms with Gasteiger partial charge in [0.2, 0.25) is 15.9 Å². The summed E-state index contributed by atoms with van der Waals surface area (Å²) >= 11 is 0. The second-order valence-electron chi connectivity index (χ2n) is 12.3. The number of aryl methyl sites for hydroxylation is 3. The molecule has 4 aromatic rings. The van der Waals surface area contributed by atoms with Crippen molar-refractivity contribution in [2.24, 2.45) is 18.4 Å². The van der Waals surface area contributed by atoms with Gasteiger partial charge in [0, 0.05) is 37.1 Å². The van der Waals surface area contributed by atoms with E-state index in [0.29, 0.717) is 13.0 Å². The Morgan fingerprint density at radius 1 is 1.07 bits per heavy atom. The Balaban J connectivity index is 1.35. The van der Waals surface area contributed by atoms with Gasteiger partial charge in [-0.1, -0.05) is 67.9 Å². The van der Waals surface area contributed by atoms with E-state index in [0.717, 1.165) is 41.0 Å². The van der Waals surface area contributed by atoms with Crippen LogP contribution < -0.4 is 9.62 Å². The third-order valence-electron chi connectivity index (χ3n) is 9.12. The number of nitrogens with one attached hydrogen (secondary N) is 1. The monoisotopic (exact) mass is 582 g/mol. The van der Waals surface area contributed by atoms with Crippen LogP contribution in [0.25, 0.3) is 0 Å². The number of hydrogen-bond donors (Lipinski definition) is 1. The molecule has 6 rings (SSSR count). The highest BCUT2D eigenvalue weighted by atomic mass is 32.2. The zero-order valence-electron chi connectivity index (χ0n) is 24.6. The fourth-order valence-electron chi connectivity index (χ4n) is 6.59. The van der Waals surface area contributed by atoms with E-state index in [9.17, 15) is 13.2 Å². The van der Waals surface area contributed by atoms with Crippen LogP contribution in [0.4, 0.5) is 5.69 Å². The van der Waals surface area contributed by atoms with Crippen LogP contribution in [-0.4, -0.2) is 23.9 Å². The SMILES string of the molecule is Cc1ccc(S(=O)(=O)N[C@H]2CCCc3ccc(N(Cc4nccn4C)C(=O)[C@@H]4[C@H](c5ccccc5)C4(C)C)cc32)cc1. The van der Waals surface area contributed by atoms with Crippen LogP contribution in [0.5, 0.6) is 0 Å². The summed E-state index contributed by atoms with van der Waals surface area (Å²) < 4.78 is 31.6. The standard InChI is InChI=1S/C34H38N4O3S/c1-23-13-17-27(18-14-23)42(40,41)36-29-12-8-11-24-15-16-26(21-28(24)29)38(22-30-35-19-20-37(30)4)33(39)32-31(34(32,2)3)25-9-6-5-7-10-25/h5-7,9-10,13-21,29,31-32,36H,8,11-12,22H2,1-4H3/t29-,31-,32-/m0/s1. The van der Waals surface area contributed by atoms with E-state index < -0.39 is 10.0 Å². The van der Waals surface area contributed by atoms with E-state index in [1.165, 1.54) is 5.56 Å². The lowest BCUT2D eigenvalue weighted by molar-refractivity contribution is -0.120. The summed E-state index contributed by atoms with van der Waals surface area (Å²) in [4.78, 5) is 21.0. The highest BCUT2D eigenvalue weighted by Gasteiger charge is 2.63. The molecule has 7 nitrogen and oxygen atoms in total. The normalized spacial score (nSPS) is 21.0. The molecule has 2 aliphatic carbocycles. The van der Waals surface area contributed by atoms with Gasteiger partial charge in [0.15, 0.2) is 0 Å². The van der Waals surface area contributed by atoms with E-state index in [4.69, 9.17) is 0 Å². The van der Waals surface area contributed by atoms with Crippen molar-refractivity contribution >= 4 is 21.6 Å². The Morgan fingerprint density at radius 2 is 1.81 bits per heavy atom. The van der Waals surface area contributed by atoms with Crippen molar-refractivity contribution in [1.29, 1.82) is 0 Å². The second kappa shape index (κ2) is 10.8. The van der Waals surface area contributed by atoms with E-state index >= 15 is 0 Å². The van der Waals surface area contributed by atoms with Crippen LogP contribution in [0.2, 0.25) is 0 Å². The molecular formula is C34H38N4O3S. The second-order valence-corrected chi connectivity index (χ2v) is 14.0. The lowest BCUT2D eigenvalue weighted by Gasteiger charge is -2.30. The van der Waals surface area contributed by atoms with Crippen LogP contribution in [0, 0.1) is 18.3 Å². The van der Waals surface area contributed by atoms with Crippen LogP contribution in [0.15, 0.2) is 90.1 Å². The van der Waals surface area contributed by atoms with Gasteiger partial charge in [0.25, 0.3) is 0 Å². The van der Waals surface area contributed by atoms with Gasteiger partial charge in [-0.25, -0.2) is 18.1 Å². The van der Waals surface area contributed by atoms with Crippen molar-refractivity contribution in [1.82, 2.24) is 14.3 Å². The molecule has 0 spiro atoms. The Hall–Kier alpha value is -3.75. The van der Waals surface area contributed by atoms with E-state index in [1.807, 2.05) is 72.1 Å². The number of amides is 1. The Labute approximate surface area is 248 Å². The zero-order valence-corrected chi connectivity index (χ0v) is 25.4. The molecule has 0 aliphatic heterocycles. The summed E-state index contributed by atoms with van der Waals surface area (Å²) in [6, 6.07) is 22.9. The number of hydrogen-bond acceptors (Lipinski definition) is 4. The van der Waals surface area contributed by atoms with Crippen molar-refractivity contribution in [2.45, 2.75) is 63.4 Å². The average Bonchev–Trinajstić information content (AvgIpc) is 3.32. The lowest BCUT2D eigenvalue weighted by atomic mass is 9.87.